The van der Waals surface area contributed by atoms with Crippen molar-refractivity contribution in [2.75, 3.05) is 26.4 Å². The largest absolute Gasteiger partial charge is 0.483 e. The Bertz CT molecular complexity index is 494. The van der Waals surface area contributed by atoms with Gasteiger partial charge in [-0.3, -0.25) is 18.1 Å². The summed E-state index contributed by atoms with van der Waals surface area (Å²) < 4.78 is 54.3. The van der Waals surface area contributed by atoms with Crippen molar-refractivity contribution in [2.24, 2.45) is 21.7 Å². The summed E-state index contributed by atoms with van der Waals surface area (Å²) in [5.41, 5.74) is -1.20. The van der Waals surface area contributed by atoms with Crippen LogP contribution in [0.2, 0.25) is 0 Å². The Hall–Kier alpha value is 0.260. The van der Waals surface area contributed by atoms with Gasteiger partial charge in [-0.2, -0.15) is 4.31 Å². The molecule has 0 aromatic heterocycles. The predicted octanol–water partition coefficient (Wildman–Crippen LogP) is 7.47. The van der Waals surface area contributed by atoms with Crippen molar-refractivity contribution in [3.8, 4) is 0 Å². The van der Waals surface area contributed by atoms with E-state index in [-0.39, 0.29) is 48.1 Å². The average molecular weight is 459 g/mol. The van der Waals surface area contributed by atoms with E-state index in [2.05, 4.69) is 0 Å². The molecule has 0 atom stereocenters. The summed E-state index contributed by atoms with van der Waals surface area (Å²) >= 11 is 0. The quantitative estimate of drug-likeness (QED) is 0.314. The normalized spacial score (nSPS) is 15.0. The van der Waals surface area contributed by atoms with Gasteiger partial charge >= 0.3 is 15.6 Å². The number of rotatable bonds is 10. The van der Waals surface area contributed by atoms with E-state index >= 15 is 0 Å². The van der Waals surface area contributed by atoms with Crippen molar-refractivity contribution in [1.82, 2.24) is 0 Å². The van der Waals surface area contributed by atoms with Gasteiger partial charge in [0.05, 0.1) is 26.4 Å². The monoisotopic (exact) mass is 458 g/mol. The minimum Gasteiger partial charge on any atom is -0.286 e. The molecule has 0 rings (SSSR count). The van der Waals surface area contributed by atoms with Gasteiger partial charge in [0.1, 0.15) is 0 Å². The van der Waals surface area contributed by atoms with Crippen LogP contribution in [0.1, 0.15) is 83.1 Å². The second kappa shape index (κ2) is 10.3. The number of phosphoric acid groups is 2. The summed E-state index contributed by atoms with van der Waals surface area (Å²) in [6, 6.07) is 0. The van der Waals surface area contributed by atoms with Gasteiger partial charge in [-0.05, 0) is 21.7 Å². The first-order valence-electron chi connectivity index (χ1n) is 10.0. The second-order valence-corrected chi connectivity index (χ2v) is 15.8. The first-order valence-corrected chi connectivity index (χ1v) is 13.0. The van der Waals surface area contributed by atoms with Crippen molar-refractivity contribution in [1.29, 1.82) is 0 Å². The fourth-order valence-electron chi connectivity index (χ4n) is 1.38. The summed E-state index contributed by atoms with van der Waals surface area (Å²) in [6.45, 7) is 23.4. The van der Waals surface area contributed by atoms with Crippen LogP contribution in [0.3, 0.4) is 0 Å². The lowest BCUT2D eigenvalue weighted by Crippen LogP contribution is -2.20. The average Bonchev–Trinajstić information content (AvgIpc) is 2.45. The van der Waals surface area contributed by atoms with Crippen LogP contribution in [-0.4, -0.2) is 26.4 Å². The molecule has 0 unspecified atom stereocenters. The van der Waals surface area contributed by atoms with Crippen molar-refractivity contribution in [3.63, 3.8) is 0 Å². The maximum atomic E-state index is 13.4. The SMILES string of the molecule is CC(C)(C)COP(=O)(OCC(C)(C)C)OP(=O)(OCC(C)(C)C)OCC(C)(C)C. The number of hydrogen-bond donors (Lipinski definition) is 0. The predicted molar refractivity (Wildman–Crippen MR) is 118 cm³/mol. The molecule has 0 radical (unpaired) electrons. The zero-order valence-corrected chi connectivity index (χ0v) is 22.4. The maximum absolute atomic E-state index is 13.4. The summed E-state index contributed by atoms with van der Waals surface area (Å²) in [7, 11) is -8.42. The Balaban J connectivity index is 5.67. The van der Waals surface area contributed by atoms with Crippen molar-refractivity contribution >= 4 is 15.6 Å². The molecule has 0 fully saturated rings. The minimum absolute atomic E-state index is 0.0902. The molecular formula is C20H44O7P2. The zero-order chi connectivity index (χ0) is 23.4. The van der Waals surface area contributed by atoms with Gasteiger partial charge < -0.3 is 0 Å². The van der Waals surface area contributed by atoms with Gasteiger partial charge in [-0.1, -0.05) is 83.1 Å². The van der Waals surface area contributed by atoms with Crippen LogP contribution in [0.5, 0.6) is 0 Å². The highest BCUT2D eigenvalue weighted by atomic mass is 31.3. The third-order valence-electron chi connectivity index (χ3n) is 2.82. The van der Waals surface area contributed by atoms with Gasteiger partial charge in [0, 0.05) is 0 Å². The van der Waals surface area contributed by atoms with Gasteiger partial charge in [0.2, 0.25) is 0 Å². The first-order chi connectivity index (χ1) is 12.5. The number of phosphoric ester groups is 2. The van der Waals surface area contributed by atoms with Crippen LogP contribution in [0.15, 0.2) is 0 Å². The fraction of sp³-hybridized carbons (Fsp3) is 1.00. The van der Waals surface area contributed by atoms with E-state index in [1.54, 1.807) is 0 Å². The summed E-state index contributed by atoms with van der Waals surface area (Å²) in [5, 5.41) is 0. The molecule has 176 valence electrons. The van der Waals surface area contributed by atoms with Crippen molar-refractivity contribution in [2.45, 2.75) is 83.1 Å². The molecule has 0 aliphatic heterocycles. The molecule has 0 heterocycles. The van der Waals surface area contributed by atoms with Gasteiger partial charge in [-0.15, -0.1) is 0 Å². The van der Waals surface area contributed by atoms with Gasteiger partial charge in [-0.25, -0.2) is 9.13 Å². The zero-order valence-electron chi connectivity index (χ0n) is 20.6. The molecule has 9 heteroatoms. The van der Waals surface area contributed by atoms with E-state index in [1.165, 1.54) is 0 Å². The highest BCUT2D eigenvalue weighted by molar-refractivity contribution is 7.62. The molecule has 7 nitrogen and oxygen atoms in total. The van der Waals surface area contributed by atoms with E-state index in [0.717, 1.165) is 0 Å². The van der Waals surface area contributed by atoms with Gasteiger partial charge in [0.25, 0.3) is 0 Å². The molecule has 0 aliphatic carbocycles. The summed E-state index contributed by atoms with van der Waals surface area (Å²) in [4.78, 5) is 0. The van der Waals surface area contributed by atoms with Crippen LogP contribution in [-0.2, 0) is 31.5 Å². The molecule has 0 aromatic rings. The molecule has 0 N–H and O–H groups in total. The maximum Gasteiger partial charge on any atom is 0.483 e. The van der Waals surface area contributed by atoms with E-state index < -0.39 is 15.6 Å². The topological polar surface area (TPSA) is 80.3 Å². The lowest BCUT2D eigenvalue weighted by Gasteiger charge is -2.30. The Labute approximate surface area is 178 Å². The second-order valence-electron chi connectivity index (χ2n) is 12.3. The molecule has 0 amide bonds. The fourth-order valence-corrected chi connectivity index (χ4v) is 5.45. The minimum atomic E-state index is -4.21. The van der Waals surface area contributed by atoms with Crippen LogP contribution in [0.25, 0.3) is 0 Å². The van der Waals surface area contributed by atoms with Crippen LogP contribution >= 0.6 is 15.6 Å². The van der Waals surface area contributed by atoms with Crippen LogP contribution in [0, 0.1) is 21.7 Å². The highest BCUT2D eigenvalue weighted by Gasteiger charge is 2.43. The summed E-state index contributed by atoms with van der Waals surface area (Å²) in [5.74, 6) is 0. The van der Waals surface area contributed by atoms with E-state index in [0.29, 0.717) is 0 Å². The number of hydrogen-bond acceptors (Lipinski definition) is 7. The Morgan fingerprint density at radius 1 is 0.448 bits per heavy atom. The Kier molecular flexibility index (Phi) is 10.3. The Morgan fingerprint density at radius 2 is 0.621 bits per heavy atom. The molecule has 0 bridgehead atoms. The molecular weight excluding hydrogens is 414 g/mol. The van der Waals surface area contributed by atoms with Crippen molar-refractivity contribution in [3.05, 3.63) is 0 Å². The Morgan fingerprint density at radius 3 is 0.759 bits per heavy atom. The van der Waals surface area contributed by atoms with Gasteiger partial charge in [0.15, 0.2) is 0 Å². The van der Waals surface area contributed by atoms with E-state index in [4.69, 9.17) is 22.4 Å². The molecule has 0 saturated heterocycles. The molecule has 29 heavy (non-hydrogen) atoms. The lowest BCUT2D eigenvalue weighted by molar-refractivity contribution is 0.0563. The molecule has 0 spiro atoms. The third-order valence-corrected chi connectivity index (χ3v) is 6.20. The van der Waals surface area contributed by atoms with E-state index in [1.807, 2.05) is 83.1 Å². The molecule has 0 aromatic carbocycles. The van der Waals surface area contributed by atoms with Crippen LogP contribution in [0.4, 0.5) is 0 Å². The lowest BCUT2D eigenvalue weighted by atomic mass is 9.99. The van der Waals surface area contributed by atoms with Crippen molar-refractivity contribution < 1.29 is 31.5 Å². The van der Waals surface area contributed by atoms with Crippen LogP contribution < -0.4 is 0 Å². The third kappa shape index (κ3) is 16.6. The smallest absolute Gasteiger partial charge is 0.286 e. The highest BCUT2D eigenvalue weighted by Crippen LogP contribution is 2.67. The standard InChI is InChI=1S/C20H44O7P2/c1-17(2,3)13-23-28(21,24-14-18(4,5)6)27-29(22,25-15-19(7,8)9)26-16-20(10,11)12/h13-16H2,1-12H3. The molecule has 0 aliphatic rings. The first kappa shape index (κ1) is 29.3. The summed E-state index contributed by atoms with van der Waals surface area (Å²) in [6.07, 6.45) is 0. The van der Waals surface area contributed by atoms with E-state index in [9.17, 15) is 9.13 Å². The molecule has 0 saturated carbocycles.